The van der Waals surface area contributed by atoms with Crippen LogP contribution in [0.2, 0.25) is 5.02 Å². The predicted molar refractivity (Wildman–Crippen MR) is 87.8 cm³/mol. The van der Waals surface area contributed by atoms with Gasteiger partial charge in [0.2, 0.25) is 0 Å². The van der Waals surface area contributed by atoms with Crippen molar-refractivity contribution < 1.29 is 14.3 Å². The summed E-state index contributed by atoms with van der Waals surface area (Å²) in [6.45, 7) is 1.27. The highest BCUT2D eigenvalue weighted by Crippen LogP contribution is 2.17. The molecule has 0 heterocycles. The van der Waals surface area contributed by atoms with Gasteiger partial charge < -0.3 is 14.8 Å². The minimum Gasteiger partial charge on any atom is -0.494 e. The smallest absolute Gasteiger partial charge is 0.339 e. The number of methoxy groups -OCH3 is 1. The van der Waals surface area contributed by atoms with E-state index in [9.17, 15) is 4.79 Å². The van der Waals surface area contributed by atoms with Crippen molar-refractivity contribution >= 4 is 23.3 Å². The normalized spacial score (nSPS) is 10.1. The summed E-state index contributed by atoms with van der Waals surface area (Å²) >= 11 is 5.81. The summed E-state index contributed by atoms with van der Waals surface area (Å²) in [6.07, 6.45) is 0.804. The van der Waals surface area contributed by atoms with Crippen LogP contribution in [0.4, 0.5) is 5.69 Å². The lowest BCUT2D eigenvalue weighted by Gasteiger charge is -2.11. The van der Waals surface area contributed by atoms with E-state index < -0.39 is 0 Å². The zero-order valence-corrected chi connectivity index (χ0v) is 13.1. The van der Waals surface area contributed by atoms with E-state index in [-0.39, 0.29) is 5.97 Å². The van der Waals surface area contributed by atoms with Crippen molar-refractivity contribution in [3.05, 3.63) is 59.1 Å². The van der Waals surface area contributed by atoms with Crippen LogP contribution in [0.5, 0.6) is 5.75 Å². The van der Waals surface area contributed by atoms with E-state index >= 15 is 0 Å². The second-order valence-electron chi connectivity index (χ2n) is 4.62. The minimum atomic E-state index is -0.347. The molecule has 0 bridgehead atoms. The van der Waals surface area contributed by atoms with Crippen LogP contribution in [0.3, 0.4) is 0 Å². The number of ether oxygens (including phenoxy) is 2. The molecule has 0 spiro atoms. The summed E-state index contributed by atoms with van der Waals surface area (Å²) in [5.74, 6) is 0.444. The lowest BCUT2D eigenvalue weighted by molar-refractivity contribution is 0.0602. The summed E-state index contributed by atoms with van der Waals surface area (Å²) in [6, 6.07) is 14.5. The molecule has 0 aromatic heterocycles. The molecule has 1 N–H and O–H groups in total. The third-order valence-electron chi connectivity index (χ3n) is 3.05. The van der Waals surface area contributed by atoms with Crippen LogP contribution in [-0.2, 0) is 4.74 Å². The fourth-order valence-corrected chi connectivity index (χ4v) is 2.07. The van der Waals surface area contributed by atoms with Crippen molar-refractivity contribution in [3.8, 4) is 5.75 Å². The lowest BCUT2D eigenvalue weighted by Crippen LogP contribution is -2.11. The van der Waals surface area contributed by atoms with Crippen LogP contribution in [-0.4, -0.2) is 26.2 Å². The molecule has 0 unspecified atom stereocenters. The fraction of sp³-hybridized carbons (Fsp3) is 0.235. The van der Waals surface area contributed by atoms with Crippen molar-refractivity contribution in [2.45, 2.75) is 6.42 Å². The van der Waals surface area contributed by atoms with Crippen LogP contribution in [0.1, 0.15) is 16.8 Å². The Morgan fingerprint density at radius 3 is 2.59 bits per heavy atom. The number of hydrogen-bond donors (Lipinski definition) is 1. The Morgan fingerprint density at radius 1 is 1.14 bits per heavy atom. The molecule has 0 fully saturated rings. The highest BCUT2D eigenvalue weighted by atomic mass is 35.5. The number of carbonyl (C=O) groups is 1. The molecule has 22 heavy (non-hydrogen) atoms. The van der Waals surface area contributed by atoms with Crippen LogP contribution >= 0.6 is 11.6 Å². The van der Waals surface area contributed by atoms with Gasteiger partial charge in [0.25, 0.3) is 0 Å². The standard InChI is InChI=1S/C17H18ClNO3/c1-21-17(20)15-5-2-3-6-16(15)19-11-4-12-22-14-9-7-13(18)8-10-14/h2-3,5-10,19H,4,11-12H2,1H3. The van der Waals surface area contributed by atoms with Gasteiger partial charge in [0.1, 0.15) is 5.75 Å². The summed E-state index contributed by atoms with van der Waals surface area (Å²) < 4.78 is 10.4. The van der Waals surface area contributed by atoms with E-state index in [0.717, 1.165) is 17.9 Å². The van der Waals surface area contributed by atoms with Crippen molar-refractivity contribution in [3.63, 3.8) is 0 Å². The molecule has 2 aromatic rings. The SMILES string of the molecule is COC(=O)c1ccccc1NCCCOc1ccc(Cl)cc1. The largest absolute Gasteiger partial charge is 0.494 e. The molecule has 0 amide bonds. The molecule has 0 aliphatic carbocycles. The molecule has 116 valence electrons. The number of anilines is 1. The molecule has 0 atom stereocenters. The van der Waals surface area contributed by atoms with Crippen LogP contribution in [0.25, 0.3) is 0 Å². The third kappa shape index (κ3) is 4.67. The van der Waals surface area contributed by atoms with Gasteiger partial charge in [-0.1, -0.05) is 23.7 Å². The molecule has 0 radical (unpaired) electrons. The van der Waals surface area contributed by atoms with E-state index in [0.29, 0.717) is 23.7 Å². The Hall–Kier alpha value is -2.20. The maximum Gasteiger partial charge on any atom is 0.339 e. The second-order valence-corrected chi connectivity index (χ2v) is 5.06. The minimum absolute atomic E-state index is 0.347. The van der Waals surface area contributed by atoms with E-state index in [2.05, 4.69) is 5.32 Å². The average molecular weight is 320 g/mol. The van der Waals surface area contributed by atoms with Crippen LogP contribution < -0.4 is 10.1 Å². The predicted octanol–water partition coefficient (Wildman–Crippen LogP) is 4.01. The first-order valence-corrected chi connectivity index (χ1v) is 7.38. The number of carbonyl (C=O) groups excluding carboxylic acids is 1. The Balaban J connectivity index is 1.77. The molecule has 2 rings (SSSR count). The van der Waals surface area contributed by atoms with E-state index in [1.807, 2.05) is 24.3 Å². The summed E-state index contributed by atoms with van der Waals surface area (Å²) in [5.41, 5.74) is 1.30. The topological polar surface area (TPSA) is 47.6 Å². The van der Waals surface area contributed by atoms with Gasteiger partial charge in [-0.2, -0.15) is 0 Å². The van der Waals surface area contributed by atoms with Gasteiger partial charge in [-0.3, -0.25) is 0 Å². The molecule has 0 aliphatic heterocycles. The van der Waals surface area contributed by atoms with Crippen molar-refractivity contribution in [2.75, 3.05) is 25.6 Å². The first kappa shape index (κ1) is 16.2. The van der Waals surface area contributed by atoms with Gasteiger partial charge >= 0.3 is 5.97 Å². The van der Waals surface area contributed by atoms with Gasteiger partial charge in [-0.05, 0) is 42.8 Å². The number of hydrogen-bond acceptors (Lipinski definition) is 4. The fourth-order valence-electron chi connectivity index (χ4n) is 1.94. The van der Waals surface area contributed by atoms with Gasteiger partial charge in [0.05, 0.1) is 19.3 Å². The highest BCUT2D eigenvalue weighted by Gasteiger charge is 2.09. The van der Waals surface area contributed by atoms with Crippen molar-refractivity contribution in [2.24, 2.45) is 0 Å². The quantitative estimate of drug-likeness (QED) is 0.619. The maximum absolute atomic E-state index is 11.6. The van der Waals surface area contributed by atoms with Gasteiger partial charge in [0, 0.05) is 17.3 Å². The van der Waals surface area contributed by atoms with Crippen molar-refractivity contribution in [1.29, 1.82) is 0 Å². The monoisotopic (exact) mass is 319 g/mol. The number of rotatable bonds is 7. The zero-order chi connectivity index (χ0) is 15.8. The molecule has 0 saturated carbocycles. The molecule has 2 aromatic carbocycles. The number of nitrogens with one attached hydrogen (secondary N) is 1. The Morgan fingerprint density at radius 2 is 1.86 bits per heavy atom. The number of para-hydroxylation sites is 1. The van der Waals surface area contributed by atoms with Gasteiger partial charge in [-0.15, -0.1) is 0 Å². The van der Waals surface area contributed by atoms with Crippen LogP contribution in [0.15, 0.2) is 48.5 Å². The summed E-state index contributed by atoms with van der Waals surface area (Å²) in [5, 5.41) is 3.91. The summed E-state index contributed by atoms with van der Waals surface area (Å²) in [4.78, 5) is 11.6. The molecule has 0 saturated heterocycles. The Kier molecular flexibility index (Phi) is 6.10. The van der Waals surface area contributed by atoms with Crippen LogP contribution in [0, 0.1) is 0 Å². The third-order valence-corrected chi connectivity index (χ3v) is 3.30. The molecular weight excluding hydrogens is 302 g/mol. The second kappa shape index (κ2) is 8.29. The summed E-state index contributed by atoms with van der Waals surface area (Å²) in [7, 11) is 1.37. The Labute approximate surface area is 135 Å². The first-order chi connectivity index (χ1) is 10.7. The van der Waals surface area contributed by atoms with Gasteiger partial charge in [-0.25, -0.2) is 4.79 Å². The zero-order valence-electron chi connectivity index (χ0n) is 12.3. The average Bonchev–Trinajstić information content (AvgIpc) is 2.56. The first-order valence-electron chi connectivity index (χ1n) is 7.00. The number of esters is 1. The lowest BCUT2D eigenvalue weighted by atomic mass is 10.2. The van der Waals surface area contributed by atoms with Crippen molar-refractivity contribution in [1.82, 2.24) is 0 Å². The Bertz CT molecular complexity index is 614. The highest BCUT2D eigenvalue weighted by molar-refractivity contribution is 6.30. The number of halogens is 1. The maximum atomic E-state index is 11.6. The van der Waals surface area contributed by atoms with Gasteiger partial charge in [0.15, 0.2) is 0 Å². The molecule has 5 heteroatoms. The molecule has 4 nitrogen and oxygen atoms in total. The molecule has 0 aliphatic rings. The van der Waals surface area contributed by atoms with E-state index in [1.54, 1.807) is 24.3 Å². The number of benzene rings is 2. The van der Waals surface area contributed by atoms with E-state index in [1.165, 1.54) is 7.11 Å². The van der Waals surface area contributed by atoms with E-state index in [4.69, 9.17) is 21.1 Å². The molecular formula is C17H18ClNO3.